The number of aromatic nitrogens is 2. The van der Waals surface area contributed by atoms with E-state index in [2.05, 4.69) is 20.8 Å². The Bertz CT molecular complexity index is 1090. The van der Waals surface area contributed by atoms with Gasteiger partial charge >= 0.3 is 6.03 Å². The van der Waals surface area contributed by atoms with Crippen molar-refractivity contribution >= 4 is 29.1 Å². The zero-order chi connectivity index (χ0) is 24.6. The zero-order valence-corrected chi connectivity index (χ0v) is 21.4. The quantitative estimate of drug-likeness (QED) is 0.361. The highest BCUT2D eigenvalue weighted by Gasteiger charge is 2.32. The molecule has 35 heavy (non-hydrogen) atoms. The van der Waals surface area contributed by atoms with Gasteiger partial charge in [-0.2, -0.15) is 0 Å². The summed E-state index contributed by atoms with van der Waals surface area (Å²) in [5.74, 6) is 0.744. The van der Waals surface area contributed by atoms with Crippen LogP contribution in [-0.2, 0) is 22.6 Å². The lowest BCUT2D eigenvalue weighted by atomic mass is 10.0. The number of benzene rings is 2. The molecule has 0 unspecified atom stereocenters. The molecule has 1 aromatic heterocycles. The molecule has 3 aromatic rings. The lowest BCUT2D eigenvalue weighted by Crippen LogP contribution is -2.34. The zero-order valence-electron chi connectivity index (χ0n) is 19.8. The first-order valence-corrected chi connectivity index (χ1v) is 13.4. The predicted octanol–water partition coefficient (Wildman–Crippen LogP) is 4.50. The molecule has 8 nitrogen and oxygen atoms in total. The molecular weight excluding hydrogens is 484 g/mol. The number of carbonyl (C=O) groups excluding carboxylic acids is 1. The van der Waals surface area contributed by atoms with Crippen LogP contribution in [0.25, 0.3) is 0 Å². The molecule has 0 aliphatic carbocycles. The second-order valence-corrected chi connectivity index (χ2v) is 10.7. The van der Waals surface area contributed by atoms with Gasteiger partial charge in [0.15, 0.2) is 10.6 Å². The lowest BCUT2D eigenvalue weighted by Gasteiger charge is -2.36. The highest BCUT2D eigenvalue weighted by Crippen LogP contribution is 2.39. The van der Waals surface area contributed by atoms with Crippen molar-refractivity contribution in [3.63, 3.8) is 0 Å². The fourth-order valence-electron chi connectivity index (χ4n) is 3.72. The van der Waals surface area contributed by atoms with Gasteiger partial charge in [-0.25, -0.2) is 4.79 Å². The van der Waals surface area contributed by atoms with Crippen molar-refractivity contribution in [3.8, 4) is 0 Å². The number of carbonyl (C=O) groups is 1. The maximum absolute atomic E-state index is 11.7. The molecule has 10 heteroatoms. The second-order valence-electron chi connectivity index (χ2n) is 8.20. The first-order chi connectivity index (χ1) is 17.0. The van der Waals surface area contributed by atoms with Gasteiger partial charge in [-0.3, -0.25) is 0 Å². The second kappa shape index (κ2) is 12.5. The molecule has 3 atom stereocenters. The number of hydrogen-bond donors (Lipinski definition) is 3. The number of aliphatic hydroxyl groups excluding tert-OH is 1. The molecule has 0 radical (unpaired) electrons. The van der Waals surface area contributed by atoms with Crippen LogP contribution < -0.4 is 10.6 Å². The van der Waals surface area contributed by atoms with Crippen molar-refractivity contribution < 1.29 is 19.4 Å². The Morgan fingerprint density at radius 2 is 1.77 bits per heavy atom. The number of rotatable bonds is 9. The Balaban J connectivity index is 1.46. The third kappa shape index (κ3) is 7.25. The van der Waals surface area contributed by atoms with Crippen LogP contribution in [0.15, 0.2) is 52.9 Å². The van der Waals surface area contributed by atoms with Crippen molar-refractivity contribution in [1.29, 1.82) is 0 Å². The van der Waals surface area contributed by atoms with E-state index in [1.165, 1.54) is 0 Å². The van der Waals surface area contributed by atoms with Crippen LogP contribution in [0.3, 0.4) is 0 Å². The first-order valence-electron chi connectivity index (χ1n) is 11.6. The highest BCUT2D eigenvalue weighted by molar-refractivity contribution is 8.01. The molecule has 186 valence electrons. The minimum absolute atomic E-state index is 0.0133. The molecule has 0 saturated carbocycles. The molecule has 1 aliphatic rings. The van der Waals surface area contributed by atoms with Gasteiger partial charge in [0, 0.05) is 30.8 Å². The van der Waals surface area contributed by atoms with Gasteiger partial charge in [0.25, 0.3) is 0 Å². The summed E-state index contributed by atoms with van der Waals surface area (Å²) in [5.41, 5.74) is 3.84. The van der Waals surface area contributed by atoms with Crippen molar-refractivity contribution in [2.45, 2.75) is 56.3 Å². The number of urea groups is 1. The fourth-order valence-corrected chi connectivity index (χ4v) is 5.58. The summed E-state index contributed by atoms with van der Waals surface area (Å²) in [6, 6.07) is 15.6. The summed E-state index contributed by atoms with van der Waals surface area (Å²) in [5, 5.41) is 24.2. The van der Waals surface area contributed by atoms with E-state index >= 15 is 0 Å². The fraction of sp³-hybridized carbons (Fsp3) is 0.400. The van der Waals surface area contributed by atoms with Gasteiger partial charge in [0.05, 0.1) is 18.8 Å². The van der Waals surface area contributed by atoms with E-state index in [9.17, 15) is 9.90 Å². The number of nitrogens with zero attached hydrogens (tertiary/aromatic N) is 2. The predicted molar refractivity (Wildman–Crippen MR) is 136 cm³/mol. The molecular formula is C25H30N4O4S2. The number of nitrogens with one attached hydrogen (secondary N) is 2. The van der Waals surface area contributed by atoms with E-state index < -0.39 is 6.29 Å². The minimum atomic E-state index is -0.515. The monoisotopic (exact) mass is 514 g/mol. The Kier molecular flexibility index (Phi) is 9.11. The highest BCUT2D eigenvalue weighted by atomic mass is 32.2. The van der Waals surface area contributed by atoms with E-state index in [0.29, 0.717) is 19.5 Å². The van der Waals surface area contributed by atoms with E-state index in [0.717, 1.165) is 37.4 Å². The molecule has 1 saturated heterocycles. The summed E-state index contributed by atoms with van der Waals surface area (Å²) in [6.45, 7) is 4.87. The van der Waals surface area contributed by atoms with E-state index in [1.54, 1.807) is 23.1 Å². The third-order valence-corrected chi connectivity index (χ3v) is 7.66. The van der Waals surface area contributed by atoms with E-state index in [1.807, 2.05) is 62.4 Å². The largest absolute Gasteiger partial charge is 0.392 e. The number of amides is 2. The van der Waals surface area contributed by atoms with Crippen LogP contribution >= 0.6 is 23.1 Å². The Hall–Kier alpha value is -2.50. The van der Waals surface area contributed by atoms with Crippen molar-refractivity contribution in [1.82, 2.24) is 20.8 Å². The molecule has 1 fully saturated rings. The smallest absolute Gasteiger partial charge is 0.315 e. The maximum Gasteiger partial charge on any atom is 0.315 e. The third-order valence-electron chi connectivity index (χ3n) is 5.56. The van der Waals surface area contributed by atoms with Gasteiger partial charge in [-0.1, -0.05) is 71.6 Å². The van der Waals surface area contributed by atoms with Gasteiger partial charge in [0.2, 0.25) is 0 Å². The van der Waals surface area contributed by atoms with E-state index in [4.69, 9.17) is 9.47 Å². The topological polar surface area (TPSA) is 106 Å². The van der Waals surface area contributed by atoms with Crippen LogP contribution in [-0.4, -0.2) is 39.7 Å². The number of aliphatic hydroxyl groups is 1. The SMILES string of the molecule is CCNC(=O)NCc1ccc([C@H]2O[C@@H](CSc3nnc(C)s3)C[C@@H](c3ccc(CO)cc3)O2)cc1. The minimum Gasteiger partial charge on any atom is -0.392 e. The molecule has 2 heterocycles. The van der Waals surface area contributed by atoms with Crippen LogP contribution in [0.2, 0.25) is 0 Å². The molecule has 0 bridgehead atoms. The molecule has 4 rings (SSSR count). The molecule has 0 spiro atoms. The van der Waals surface area contributed by atoms with Gasteiger partial charge in [0.1, 0.15) is 5.01 Å². The average Bonchev–Trinajstić information content (AvgIpc) is 3.31. The normalized spacial score (nSPS) is 19.9. The number of ether oxygens (including phenoxy) is 2. The van der Waals surface area contributed by atoms with Crippen molar-refractivity contribution in [2.24, 2.45) is 0 Å². The van der Waals surface area contributed by atoms with Crippen LogP contribution in [0.4, 0.5) is 4.79 Å². The molecule has 2 aromatic carbocycles. The van der Waals surface area contributed by atoms with Gasteiger partial charge in [-0.15, -0.1) is 10.2 Å². The first kappa shape index (κ1) is 25.6. The Labute approximate surface area is 213 Å². The standard InChI is InChI=1S/C25H30N4O4S2/c1-3-26-24(31)27-13-17-4-10-20(11-5-17)23-32-21(15-34-25-29-28-16(2)35-25)12-22(33-23)19-8-6-18(14-30)7-9-19/h4-11,21-23,30H,3,12-15H2,1-2H3,(H2,26,27,31)/t21-,22+,23+/m1/s1. The molecule has 1 aliphatic heterocycles. The van der Waals surface area contributed by atoms with Crippen LogP contribution in [0.5, 0.6) is 0 Å². The maximum atomic E-state index is 11.7. The molecule has 2 amide bonds. The number of hydrogen-bond acceptors (Lipinski definition) is 8. The number of aryl methyl sites for hydroxylation is 1. The summed E-state index contributed by atoms with van der Waals surface area (Å²) in [7, 11) is 0. The summed E-state index contributed by atoms with van der Waals surface area (Å²) in [6.07, 6.45) is 0.0270. The number of thioether (sulfide) groups is 1. The average molecular weight is 515 g/mol. The van der Waals surface area contributed by atoms with Crippen LogP contribution in [0, 0.1) is 6.92 Å². The Morgan fingerprint density at radius 3 is 2.43 bits per heavy atom. The summed E-state index contributed by atoms with van der Waals surface area (Å²) >= 11 is 3.23. The van der Waals surface area contributed by atoms with Gasteiger partial charge < -0.3 is 25.2 Å². The Morgan fingerprint density at radius 1 is 1.06 bits per heavy atom. The van der Waals surface area contributed by atoms with Crippen molar-refractivity contribution in [3.05, 3.63) is 75.8 Å². The lowest BCUT2D eigenvalue weighted by molar-refractivity contribution is -0.245. The summed E-state index contributed by atoms with van der Waals surface area (Å²) < 4.78 is 13.7. The van der Waals surface area contributed by atoms with Crippen molar-refractivity contribution in [2.75, 3.05) is 12.3 Å². The van der Waals surface area contributed by atoms with E-state index in [-0.39, 0.29) is 24.8 Å². The molecule has 3 N–H and O–H groups in total. The van der Waals surface area contributed by atoms with Gasteiger partial charge in [-0.05, 0) is 30.5 Å². The van der Waals surface area contributed by atoms with Crippen LogP contribution in [0.1, 0.15) is 53.0 Å². The summed E-state index contributed by atoms with van der Waals surface area (Å²) in [4.78, 5) is 11.7.